The zero-order chi connectivity index (χ0) is 13.0. The average molecular weight is 262 g/mol. The number of alkyl halides is 3. The van der Waals surface area contributed by atoms with Gasteiger partial charge in [-0.2, -0.15) is 13.2 Å². The summed E-state index contributed by atoms with van der Waals surface area (Å²) in [6, 6.07) is -1.13. The molecule has 0 saturated heterocycles. The van der Waals surface area contributed by atoms with E-state index in [0.29, 0.717) is 0 Å². The summed E-state index contributed by atoms with van der Waals surface area (Å²) < 4.78 is 59.4. The number of amides is 1. The van der Waals surface area contributed by atoms with Crippen molar-refractivity contribution >= 4 is 15.9 Å². The maximum atomic E-state index is 11.7. The number of nitrogens with one attached hydrogen (secondary N) is 1. The second-order valence-electron chi connectivity index (χ2n) is 3.28. The van der Waals surface area contributed by atoms with Crippen molar-refractivity contribution in [2.24, 2.45) is 5.73 Å². The van der Waals surface area contributed by atoms with Crippen LogP contribution >= 0.6 is 0 Å². The van der Waals surface area contributed by atoms with Gasteiger partial charge < -0.3 is 5.73 Å². The molecular weight excluding hydrogens is 249 g/mol. The third-order valence-electron chi connectivity index (χ3n) is 1.66. The Kier molecular flexibility index (Phi) is 5.20. The van der Waals surface area contributed by atoms with E-state index >= 15 is 0 Å². The number of nitrogens with two attached hydrogens (primary N) is 1. The monoisotopic (exact) mass is 262 g/mol. The van der Waals surface area contributed by atoms with Crippen LogP contribution in [0.3, 0.4) is 0 Å². The Bertz CT molecular complexity index is 339. The Hall–Kier alpha value is -0.830. The van der Waals surface area contributed by atoms with Gasteiger partial charge >= 0.3 is 6.18 Å². The van der Waals surface area contributed by atoms with Crippen LogP contribution in [0.5, 0.6) is 0 Å². The normalized spacial score (nSPS) is 14.8. The molecule has 3 N–H and O–H groups in total. The van der Waals surface area contributed by atoms with Crippen molar-refractivity contribution in [1.29, 1.82) is 0 Å². The number of halogens is 3. The molecule has 0 aliphatic rings. The quantitative estimate of drug-likeness (QED) is 0.712. The largest absolute Gasteiger partial charge is 0.389 e. The number of primary amides is 1. The molecule has 0 aromatic carbocycles. The van der Waals surface area contributed by atoms with Gasteiger partial charge in [0.2, 0.25) is 15.9 Å². The van der Waals surface area contributed by atoms with Gasteiger partial charge in [0, 0.05) is 6.42 Å². The Labute approximate surface area is 91.2 Å². The zero-order valence-electron chi connectivity index (χ0n) is 8.54. The third-order valence-corrected chi connectivity index (χ3v) is 3.20. The number of carbonyl (C=O) groups is 1. The summed E-state index contributed by atoms with van der Waals surface area (Å²) in [6.45, 7) is 1.21. The van der Waals surface area contributed by atoms with Crippen LogP contribution in [0, 0.1) is 0 Å². The van der Waals surface area contributed by atoms with Gasteiger partial charge in [0.1, 0.15) is 0 Å². The predicted octanol–water partition coefficient (Wildman–Crippen LogP) is 0.122. The minimum Gasteiger partial charge on any atom is -0.368 e. The van der Waals surface area contributed by atoms with Crippen LogP contribution in [0.4, 0.5) is 13.2 Å². The molecule has 96 valence electrons. The number of hydrogen-bond donors (Lipinski definition) is 2. The molecular formula is C7H13F3N2O3S. The smallest absolute Gasteiger partial charge is 0.368 e. The molecule has 0 spiro atoms. The summed E-state index contributed by atoms with van der Waals surface area (Å²) in [5.41, 5.74) is 4.80. The summed E-state index contributed by atoms with van der Waals surface area (Å²) in [7, 11) is -3.90. The van der Waals surface area contributed by atoms with E-state index in [9.17, 15) is 26.4 Å². The molecule has 0 bridgehead atoms. The van der Waals surface area contributed by atoms with E-state index in [4.69, 9.17) is 5.73 Å². The summed E-state index contributed by atoms with van der Waals surface area (Å²) in [5, 5.41) is 0. The van der Waals surface area contributed by atoms with Crippen LogP contribution in [-0.2, 0) is 14.8 Å². The van der Waals surface area contributed by atoms with E-state index in [1.807, 2.05) is 4.72 Å². The van der Waals surface area contributed by atoms with Crippen molar-refractivity contribution < 1.29 is 26.4 Å². The van der Waals surface area contributed by atoms with Crippen molar-refractivity contribution in [3.8, 4) is 0 Å². The van der Waals surface area contributed by atoms with Crippen molar-refractivity contribution in [3.05, 3.63) is 0 Å². The van der Waals surface area contributed by atoms with Crippen molar-refractivity contribution in [2.45, 2.75) is 32.0 Å². The molecule has 0 saturated carbocycles. The van der Waals surface area contributed by atoms with Gasteiger partial charge in [0.25, 0.3) is 0 Å². The van der Waals surface area contributed by atoms with Crippen molar-refractivity contribution in [2.75, 3.05) is 5.75 Å². The fraction of sp³-hybridized carbons (Fsp3) is 0.857. The minimum absolute atomic E-state index is 0.551. The first-order valence-electron chi connectivity index (χ1n) is 4.39. The highest BCUT2D eigenvalue weighted by Crippen LogP contribution is 2.21. The maximum absolute atomic E-state index is 11.7. The van der Waals surface area contributed by atoms with Gasteiger partial charge in [0.05, 0.1) is 11.8 Å². The second kappa shape index (κ2) is 5.48. The highest BCUT2D eigenvalue weighted by molar-refractivity contribution is 7.89. The molecule has 0 radical (unpaired) electrons. The summed E-state index contributed by atoms with van der Waals surface area (Å²) in [6.07, 6.45) is -6.12. The number of rotatable bonds is 6. The molecule has 0 rings (SSSR count). The van der Waals surface area contributed by atoms with Crippen LogP contribution < -0.4 is 10.5 Å². The Morgan fingerprint density at radius 3 is 2.31 bits per heavy atom. The second-order valence-corrected chi connectivity index (χ2v) is 5.15. The fourth-order valence-corrected chi connectivity index (χ4v) is 2.15. The lowest BCUT2D eigenvalue weighted by atomic mass is 10.3. The van der Waals surface area contributed by atoms with Crippen LogP contribution in [-0.4, -0.2) is 32.3 Å². The van der Waals surface area contributed by atoms with E-state index in [1.54, 1.807) is 0 Å². The number of carbonyl (C=O) groups excluding carboxylic acids is 1. The Balaban J connectivity index is 4.12. The molecule has 1 amide bonds. The first kappa shape index (κ1) is 15.2. The third kappa shape index (κ3) is 7.46. The molecule has 1 atom stereocenters. The van der Waals surface area contributed by atoms with Crippen molar-refractivity contribution in [1.82, 2.24) is 4.72 Å². The van der Waals surface area contributed by atoms with Gasteiger partial charge in [-0.15, -0.1) is 0 Å². The number of hydrogen-bond acceptors (Lipinski definition) is 3. The molecule has 0 aromatic rings. The van der Waals surface area contributed by atoms with E-state index in [1.165, 1.54) is 6.92 Å². The minimum atomic E-state index is -4.38. The van der Waals surface area contributed by atoms with Crippen LogP contribution in [0.15, 0.2) is 0 Å². The van der Waals surface area contributed by atoms with Gasteiger partial charge in [0.15, 0.2) is 0 Å². The van der Waals surface area contributed by atoms with E-state index < -0.39 is 46.7 Å². The lowest BCUT2D eigenvalue weighted by molar-refractivity contribution is -0.134. The molecule has 16 heavy (non-hydrogen) atoms. The van der Waals surface area contributed by atoms with E-state index in [2.05, 4.69) is 0 Å². The first-order chi connectivity index (χ1) is 7.03. The summed E-state index contributed by atoms with van der Waals surface area (Å²) in [5.74, 6) is -1.58. The fourth-order valence-electron chi connectivity index (χ4n) is 0.849. The van der Waals surface area contributed by atoms with Crippen LogP contribution in [0.1, 0.15) is 19.8 Å². The number of sulfonamides is 1. The molecule has 0 fully saturated rings. The van der Waals surface area contributed by atoms with Crippen LogP contribution in [0.25, 0.3) is 0 Å². The molecule has 0 heterocycles. The predicted molar refractivity (Wildman–Crippen MR) is 50.9 cm³/mol. The van der Waals surface area contributed by atoms with Gasteiger partial charge in [-0.3, -0.25) is 4.79 Å². The average Bonchev–Trinajstić information content (AvgIpc) is 1.99. The van der Waals surface area contributed by atoms with Crippen LogP contribution in [0.2, 0.25) is 0 Å². The maximum Gasteiger partial charge on any atom is 0.389 e. The standard InChI is InChI=1S/C7H13F3N2O3S/c1-5(6(11)13)12-16(14,15)4-2-3-7(8,9)10/h5,12H,2-4H2,1H3,(H2,11,13)/t5-/m1/s1. The molecule has 0 aliphatic heterocycles. The molecule has 0 aromatic heterocycles. The summed E-state index contributed by atoms with van der Waals surface area (Å²) in [4.78, 5) is 10.5. The molecule has 5 nitrogen and oxygen atoms in total. The van der Waals surface area contributed by atoms with E-state index in [0.717, 1.165) is 0 Å². The van der Waals surface area contributed by atoms with Crippen molar-refractivity contribution in [3.63, 3.8) is 0 Å². The van der Waals surface area contributed by atoms with E-state index in [-0.39, 0.29) is 0 Å². The first-order valence-corrected chi connectivity index (χ1v) is 6.05. The van der Waals surface area contributed by atoms with Gasteiger partial charge in [-0.25, -0.2) is 13.1 Å². The molecule has 0 unspecified atom stereocenters. The Morgan fingerprint density at radius 1 is 1.44 bits per heavy atom. The van der Waals surface area contributed by atoms with Gasteiger partial charge in [-0.05, 0) is 13.3 Å². The molecule has 9 heteroatoms. The molecule has 0 aliphatic carbocycles. The Morgan fingerprint density at radius 2 is 1.94 bits per heavy atom. The highest BCUT2D eigenvalue weighted by Gasteiger charge is 2.28. The SMILES string of the molecule is C[C@@H](NS(=O)(=O)CCCC(F)(F)F)C(N)=O. The highest BCUT2D eigenvalue weighted by atomic mass is 32.2. The lowest BCUT2D eigenvalue weighted by Gasteiger charge is -2.11. The topological polar surface area (TPSA) is 89.3 Å². The summed E-state index contributed by atoms with van der Waals surface area (Å²) >= 11 is 0. The lowest BCUT2D eigenvalue weighted by Crippen LogP contribution is -2.43. The zero-order valence-corrected chi connectivity index (χ0v) is 9.36. The van der Waals surface area contributed by atoms with Gasteiger partial charge in [-0.1, -0.05) is 0 Å².